The van der Waals surface area contributed by atoms with E-state index in [2.05, 4.69) is 5.32 Å². The third kappa shape index (κ3) is 4.32. The fraction of sp³-hybridized carbons (Fsp3) is 0.273. The average molecular weight is 257 g/mol. The van der Waals surface area contributed by atoms with Crippen molar-refractivity contribution >= 4 is 23.5 Å². The number of rotatable bonds is 5. The van der Waals surface area contributed by atoms with Crippen molar-refractivity contribution in [3.05, 3.63) is 29.8 Å². The van der Waals surface area contributed by atoms with Gasteiger partial charge in [0.1, 0.15) is 11.6 Å². The number of carboxylic acids is 1. The van der Waals surface area contributed by atoms with Crippen molar-refractivity contribution in [2.75, 3.05) is 5.88 Å². The normalized spacial score (nSPS) is 11.8. The summed E-state index contributed by atoms with van der Waals surface area (Å²) < 4.78 is 0. The topological polar surface area (TPSA) is 89.5 Å². The number of alkyl halides is 1. The minimum absolute atomic E-state index is 0.0746. The van der Waals surface area contributed by atoms with Crippen molar-refractivity contribution in [3.63, 3.8) is 0 Å². The van der Waals surface area contributed by atoms with Crippen LogP contribution in [0.25, 0.3) is 0 Å². The van der Waals surface area contributed by atoms with Crippen LogP contribution in [0.1, 0.15) is 5.56 Å². The van der Waals surface area contributed by atoms with E-state index in [1.807, 2.05) is 0 Å². The van der Waals surface area contributed by atoms with E-state index in [0.29, 0.717) is 5.56 Å². The van der Waals surface area contributed by atoms with Gasteiger partial charge in [0, 0.05) is 0 Å². The lowest BCUT2D eigenvalue weighted by Gasteiger charge is -2.19. The summed E-state index contributed by atoms with van der Waals surface area (Å²) in [4.78, 5) is 21.8. The Kier molecular flexibility index (Phi) is 4.78. The molecule has 0 spiro atoms. The van der Waals surface area contributed by atoms with E-state index in [0.717, 1.165) is 0 Å². The number of hydrogen-bond donors (Lipinski definition) is 2. The van der Waals surface area contributed by atoms with Gasteiger partial charge in [0.05, 0.1) is 12.0 Å². The molecule has 1 amide bonds. The maximum atomic E-state index is 11.0. The number of benzene rings is 1. The second-order valence-electron chi connectivity index (χ2n) is 3.44. The van der Waals surface area contributed by atoms with E-state index in [-0.39, 0.29) is 18.1 Å². The van der Waals surface area contributed by atoms with E-state index >= 15 is 0 Å². The summed E-state index contributed by atoms with van der Waals surface area (Å²) >= 11 is 5.27. The Hall–Kier alpha value is -1.75. The molecule has 1 atom stereocenters. The summed E-state index contributed by atoms with van der Waals surface area (Å²) in [5, 5.41) is 22.1. The summed E-state index contributed by atoms with van der Waals surface area (Å²) in [7, 11) is 0. The van der Waals surface area contributed by atoms with Crippen molar-refractivity contribution < 1.29 is 19.8 Å². The number of carbonyl (C=O) groups excluding carboxylic acids is 2. The van der Waals surface area contributed by atoms with E-state index in [4.69, 9.17) is 16.7 Å². The summed E-state index contributed by atoms with van der Waals surface area (Å²) in [6, 6.07) is 4.87. The third-order valence-electron chi connectivity index (χ3n) is 2.12. The highest BCUT2D eigenvalue weighted by molar-refractivity contribution is 6.27. The van der Waals surface area contributed by atoms with Gasteiger partial charge in [0.25, 0.3) is 0 Å². The Balaban J connectivity index is 2.70. The van der Waals surface area contributed by atoms with Gasteiger partial charge < -0.3 is 20.3 Å². The van der Waals surface area contributed by atoms with Crippen molar-refractivity contribution in [1.29, 1.82) is 0 Å². The number of hydrogen-bond acceptors (Lipinski definition) is 4. The zero-order valence-electron chi connectivity index (χ0n) is 8.85. The molecule has 92 valence electrons. The van der Waals surface area contributed by atoms with Gasteiger partial charge in [-0.25, -0.2) is 0 Å². The van der Waals surface area contributed by atoms with Crippen LogP contribution >= 0.6 is 11.6 Å². The van der Waals surface area contributed by atoms with Gasteiger partial charge in [-0.1, -0.05) is 12.1 Å². The number of halogens is 1. The van der Waals surface area contributed by atoms with Gasteiger partial charge in [-0.2, -0.15) is 0 Å². The van der Waals surface area contributed by atoms with E-state index in [9.17, 15) is 14.7 Å². The smallest absolute Gasteiger partial charge is 0.235 e. The molecule has 0 aliphatic carbocycles. The lowest BCUT2D eigenvalue weighted by Crippen LogP contribution is -2.49. The highest BCUT2D eigenvalue weighted by atomic mass is 35.5. The molecule has 0 saturated heterocycles. The Morgan fingerprint density at radius 1 is 1.35 bits per heavy atom. The molecular weight excluding hydrogens is 246 g/mol. The Morgan fingerprint density at radius 3 is 2.41 bits per heavy atom. The molecule has 0 saturated carbocycles. The van der Waals surface area contributed by atoms with Crippen LogP contribution in [0.2, 0.25) is 0 Å². The maximum Gasteiger partial charge on any atom is 0.235 e. The second-order valence-corrected chi connectivity index (χ2v) is 3.71. The monoisotopic (exact) mass is 256 g/mol. The van der Waals surface area contributed by atoms with Crippen LogP contribution in [0.4, 0.5) is 0 Å². The predicted molar refractivity (Wildman–Crippen MR) is 59.5 cm³/mol. The Bertz CT molecular complexity index is 404. The molecule has 0 aliphatic rings. The predicted octanol–water partition coefficient (Wildman–Crippen LogP) is -0.592. The van der Waals surface area contributed by atoms with Crippen molar-refractivity contribution in [2.24, 2.45) is 0 Å². The zero-order valence-corrected chi connectivity index (χ0v) is 9.61. The maximum absolute atomic E-state index is 11.0. The summed E-state index contributed by atoms with van der Waals surface area (Å²) in [5.74, 6) is -2.17. The average Bonchev–Trinajstić information content (AvgIpc) is 2.30. The van der Waals surface area contributed by atoms with Gasteiger partial charge in [0.15, 0.2) is 0 Å². The van der Waals surface area contributed by atoms with Crippen molar-refractivity contribution in [2.45, 2.75) is 12.5 Å². The second kappa shape index (κ2) is 6.10. The first-order chi connectivity index (χ1) is 8.02. The molecule has 17 heavy (non-hydrogen) atoms. The first-order valence-corrected chi connectivity index (χ1v) is 5.40. The molecule has 0 aliphatic heterocycles. The highest BCUT2D eigenvalue weighted by Crippen LogP contribution is 2.11. The summed E-state index contributed by atoms with van der Waals surface area (Å²) in [6.07, 6.45) is 0.0746. The van der Waals surface area contributed by atoms with Gasteiger partial charge in [-0.05, 0) is 24.1 Å². The van der Waals surface area contributed by atoms with Crippen LogP contribution in [-0.2, 0) is 16.0 Å². The van der Waals surface area contributed by atoms with E-state index < -0.39 is 17.9 Å². The Morgan fingerprint density at radius 2 is 1.94 bits per heavy atom. The van der Waals surface area contributed by atoms with Crippen LogP contribution < -0.4 is 10.4 Å². The fourth-order valence-corrected chi connectivity index (χ4v) is 1.37. The minimum atomic E-state index is -1.38. The first-order valence-electron chi connectivity index (χ1n) is 4.87. The molecule has 0 aromatic heterocycles. The van der Waals surface area contributed by atoms with Gasteiger partial charge in [-0.15, -0.1) is 11.6 Å². The summed E-state index contributed by atoms with van der Waals surface area (Å²) in [6.45, 7) is 0. The van der Waals surface area contributed by atoms with E-state index in [1.54, 1.807) is 12.1 Å². The van der Waals surface area contributed by atoms with E-state index in [1.165, 1.54) is 12.1 Å². The van der Waals surface area contributed by atoms with Crippen LogP contribution in [0.15, 0.2) is 24.3 Å². The number of carboxylic acid groups (broad SMARTS) is 1. The number of phenolic OH excluding ortho intramolecular Hbond substituents is 1. The lowest BCUT2D eigenvalue weighted by atomic mass is 10.1. The number of aromatic hydroxyl groups is 1. The molecule has 6 heteroatoms. The number of nitrogens with one attached hydrogen (secondary N) is 1. The van der Waals surface area contributed by atoms with Gasteiger partial charge in [-0.3, -0.25) is 4.79 Å². The molecule has 0 heterocycles. The molecule has 0 unspecified atom stereocenters. The SMILES string of the molecule is O=C(CCl)N[C@@H](Cc1ccc(O)cc1)C(=O)[O-]. The molecule has 0 radical (unpaired) electrons. The number of carbonyl (C=O) groups is 2. The quantitative estimate of drug-likeness (QED) is 0.689. The molecule has 1 aromatic carbocycles. The molecule has 1 rings (SSSR count). The Labute approximate surface area is 103 Å². The van der Waals surface area contributed by atoms with Gasteiger partial charge in [0.2, 0.25) is 5.91 Å². The molecule has 2 N–H and O–H groups in total. The molecule has 0 bridgehead atoms. The lowest BCUT2D eigenvalue weighted by molar-refractivity contribution is -0.308. The fourth-order valence-electron chi connectivity index (χ4n) is 1.29. The number of aliphatic carboxylic acids is 1. The van der Waals surface area contributed by atoms with Crippen LogP contribution in [-0.4, -0.2) is 28.9 Å². The number of amides is 1. The van der Waals surface area contributed by atoms with Crippen molar-refractivity contribution in [3.8, 4) is 5.75 Å². The van der Waals surface area contributed by atoms with Crippen molar-refractivity contribution in [1.82, 2.24) is 5.32 Å². The van der Waals surface area contributed by atoms with Crippen LogP contribution in [0.5, 0.6) is 5.75 Å². The van der Waals surface area contributed by atoms with Crippen LogP contribution in [0, 0.1) is 0 Å². The molecule has 5 nitrogen and oxygen atoms in total. The minimum Gasteiger partial charge on any atom is -0.548 e. The first kappa shape index (κ1) is 13.3. The molecule has 0 fully saturated rings. The third-order valence-corrected chi connectivity index (χ3v) is 2.36. The summed E-state index contributed by atoms with van der Waals surface area (Å²) in [5.41, 5.74) is 0.659. The van der Waals surface area contributed by atoms with Gasteiger partial charge >= 0.3 is 0 Å². The highest BCUT2D eigenvalue weighted by Gasteiger charge is 2.13. The van der Waals surface area contributed by atoms with Crippen LogP contribution in [0.3, 0.4) is 0 Å². The molecule has 1 aromatic rings. The number of phenols is 1. The largest absolute Gasteiger partial charge is 0.548 e. The zero-order chi connectivity index (χ0) is 12.8. The molecular formula is C11H11ClNO4-. The standard InChI is InChI=1S/C11H12ClNO4/c12-6-10(15)13-9(11(16)17)5-7-1-3-8(14)4-2-7/h1-4,9,14H,5-6H2,(H,13,15)(H,16,17)/p-1/t9-/m0/s1.